The lowest BCUT2D eigenvalue weighted by molar-refractivity contribution is -0.159. The van der Waals surface area contributed by atoms with Gasteiger partial charge in [-0.15, -0.1) is 0 Å². The summed E-state index contributed by atoms with van der Waals surface area (Å²) in [6.45, 7) is 15.4. The Labute approximate surface area is 267 Å². The third-order valence-electron chi connectivity index (χ3n) is 6.79. The lowest BCUT2D eigenvalue weighted by atomic mass is 9.95. The van der Waals surface area contributed by atoms with E-state index < -0.39 is 59.8 Å². The first-order valence-electron chi connectivity index (χ1n) is 15.5. The van der Waals surface area contributed by atoms with Crippen molar-refractivity contribution in [2.45, 2.75) is 111 Å². The number of aliphatic hydroxyl groups excluding tert-OH is 1. The zero-order valence-corrected chi connectivity index (χ0v) is 28.2. The number of amides is 3. The van der Waals surface area contributed by atoms with E-state index in [1.54, 1.807) is 41.5 Å². The number of hydrogen-bond donors (Lipinski definition) is 3. The van der Waals surface area contributed by atoms with Crippen molar-refractivity contribution in [3.8, 4) is 0 Å². The van der Waals surface area contributed by atoms with Crippen LogP contribution in [0.15, 0.2) is 48.5 Å². The smallest absolute Gasteiger partial charge is 0.408 e. The van der Waals surface area contributed by atoms with E-state index in [0.717, 1.165) is 16.7 Å². The summed E-state index contributed by atoms with van der Waals surface area (Å²) >= 11 is 0. The van der Waals surface area contributed by atoms with Crippen LogP contribution in [-0.2, 0) is 30.3 Å². The summed E-state index contributed by atoms with van der Waals surface area (Å²) in [6, 6.07) is 11.3. The van der Waals surface area contributed by atoms with Crippen LogP contribution >= 0.6 is 0 Å². The summed E-state index contributed by atoms with van der Waals surface area (Å²) in [4.78, 5) is 55.9. The summed E-state index contributed by atoms with van der Waals surface area (Å²) in [5.74, 6) is -1.85. The molecule has 10 nitrogen and oxygen atoms in total. The van der Waals surface area contributed by atoms with Gasteiger partial charge in [-0.25, -0.2) is 9.59 Å². The van der Waals surface area contributed by atoms with Gasteiger partial charge in [0.1, 0.15) is 29.3 Å². The zero-order chi connectivity index (χ0) is 33.9. The molecule has 0 saturated heterocycles. The summed E-state index contributed by atoms with van der Waals surface area (Å²) in [5, 5.41) is 15.6. The Kier molecular flexibility index (Phi) is 13.6. The predicted molar refractivity (Wildman–Crippen MR) is 173 cm³/mol. The molecule has 3 atom stereocenters. The number of aliphatic hydroxyl groups is 1. The van der Waals surface area contributed by atoms with Crippen LogP contribution in [0.4, 0.5) is 4.79 Å². The molecule has 0 bridgehead atoms. The summed E-state index contributed by atoms with van der Waals surface area (Å²) in [7, 11) is 0. The average Bonchev–Trinajstić information content (AvgIpc) is 2.93. The highest BCUT2D eigenvalue weighted by molar-refractivity contribution is 5.94. The van der Waals surface area contributed by atoms with E-state index >= 15 is 0 Å². The number of ether oxygens (including phenoxy) is 2. The van der Waals surface area contributed by atoms with Crippen molar-refractivity contribution in [1.82, 2.24) is 15.5 Å². The Hall–Kier alpha value is -3.92. The van der Waals surface area contributed by atoms with Crippen molar-refractivity contribution in [3.05, 3.63) is 70.8 Å². The van der Waals surface area contributed by atoms with Gasteiger partial charge in [-0.05, 0) is 78.5 Å². The van der Waals surface area contributed by atoms with Gasteiger partial charge < -0.3 is 30.1 Å². The highest BCUT2D eigenvalue weighted by atomic mass is 16.6. The molecule has 0 aliphatic heterocycles. The number of nitrogens with one attached hydrogen (secondary N) is 2. The highest BCUT2D eigenvalue weighted by Gasteiger charge is 2.38. The monoisotopic (exact) mass is 625 g/mol. The zero-order valence-electron chi connectivity index (χ0n) is 28.2. The van der Waals surface area contributed by atoms with Crippen LogP contribution in [0.2, 0.25) is 0 Å². The standard InChI is InChI=1S/C35H51N3O7/c1-10-11-19-38(31(41)28(22-39)37-33(43)45-35(7,8)9)29(26-20-23(2)17-18-24(26)3)30(40)36-27(32(42)44-34(4,5)6)21-25-15-13-12-14-16-25/h12-18,20,27-29,39H,10-11,19,21-22H2,1-9H3,(H,36,40)(H,37,43). The number of aryl methyl sites for hydroxylation is 2. The van der Waals surface area contributed by atoms with E-state index in [1.807, 2.05) is 69.3 Å². The van der Waals surface area contributed by atoms with Crippen LogP contribution < -0.4 is 10.6 Å². The molecule has 0 aromatic heterocycles. The predicted octanol–water partition coefficient (Wildman–Crippen LogP) is 4.93. The van der Waals surface area contributed by atoms with E-state index in [2.05, 4.69) is 10.6 Å². The van der Waals surface area contributed by atoms with Gasteiger partial charge in [0.25, 0.3) is 0 Å². The number of carbonyl (C=O) groups is 4. The maximum Gasteiger partial charge on any atom is 0.408 e. The van der Waals surface area contributed by atoms with E-state index in [0.29, 0.717) is 18.4 Å². The van der Waals surface area contributed by atoms with Crippen molar-refractivity contribution in [2.75, 3.05) is 13.2 Å². The number of hydrogen-bond acceptors (Lipinski definition) is 7. The number of esters is 1. The molecule has 3 N–H and O–H groups in total. The maximum atomic E-state index is 14.4. The van der Waals surface area contributed by atoms with Gasteiger partial charge in [0.05, 0.1) is 6.61 Å². The molecule has 0 heterocycles. The quantitative estimate of drug-likeness (QED) is 0.269. The fourth-order valence-corrected chi connectivity index (χ4v) is 4.70. The van der Waals surface area contributed by atoms with Gasteiger partial charge in [-0.1, -0.05) is 67.4 Å². The molecule has 2 rings (SSSR count). The van der Waals surface area contributed by atoms with Gasteiger partial charge >= 0.3 is 12.1 Å². The van der Waals surface area contributed by atoms with Gasteiger partial charge in [-0.3, -0.25) is 9.59 Å². The molecule has 0 fully saturated rings. The Bertz CT molecular complexity index is 1300. The number of benzene rings is 2. The van der Waals surface area contributed by atoms with Gasteiger partial charge in [0.2, 0.25) is 11.8 Å². The molecule has 2 aromatic carbocycles. The van der Waals surface area contributed by atoms with Crippen LogP contribution in [0.5, 0.6) is 0 Å². The third kappa shape index (κ3) is 12.2. The second-order valence-electron chi connectivity index (χ2n) is 13.3. The average molecular weight is 626 g/mol. The first-order valence-corrected chi connectivity index (χ1v) is 15.5. The van der Waals surface area contributed by atoms with Crippen LogP contribution in [-0.4, -0.2) is 70.3 Å². The summed E-state index contributed by atoms with van der Waals surface area (Å²) < 4.78 is 11.0. The van der Waals surface area contributed by atoms with Gasteiger partial charge in [0, 0.05) is 13.0 Å². The van der Waals surface area contributed by atoms with Crippen LogP contribution in [0.25, 0.3) is 0 Å². The Morgan fingerprint density at radius 1 is 0.867 bits per heavy atom. The van der Waals surface area contributed by atoms with Crippen molar-refractivity contribution in [2.24, 2.45) is 0 Å². The van der Waals surface area contributed by atoms with E-state index in [9.17, 15) is 24.3 Å². The lowest BCUT2D eigenvalue weighted by Crippen LogP contribution is -2.56. The number of unbranched alkanes of at least 4 members (excludes halogenated alkanes) is 1. The molecule has 45 heavy (non-hydrogen) atoms. The van der Waals surface area contributed by atoms with E-state index in [4.69, 9.17) is 9.47 Å². The van der Waals surface area contributed by atoms with Crippen molar-refractivity contribution < 1.29 is 33.8 Å². The van der Waals surface area contributed by atoms with Crippen LogP contribution in [0.3, 0.4) is 0 Å². The molecule has 3 amide bonds. The molecule has 0 radical (unpaired) electrons. The van der Waals surface area contributed by atoms with Crippen molar-refractivity contribution in [1.29, 1.82) is 0 Å². The normalized spacial score (nSPS) is 13.6. The lowest BCUT2D eigenvalue weighted by Gasteiger charge is -2.35. The minimum absolute atomic E-state index is 0.156. The van der Waals surface area contributed by atoms with Gasteiger partial charge in [-0.2, -0.15) is 0 Å². The fourth-order valence-electron chi connectivity index (χ4n) is 4.70. The highest BCUT2D eigenvalue weighted by Crippen LogP contribution is 2.28. The topological polar surface area (TPSA) is 134 Å². The summed E-state index contributed by atoms with van der Waals surface area (Å²) in [5.41, 5.74) is 1.38. The van der Waals surface area contributed by atoms with Crippen LogP contribution in [0, 0.1) is 13.8 Å². The molecule has 3 unspecified atom stereocenters. The summed E-state index contributed by atoms with van der Waals surface area (Å²) in [6.07, 6.45) is 0.558. The fraction of sp³-hybridized carbons (Fsp3) is 0.543. The molecule has 0 spiro atoms. The Morgan fingerprint density at radius 2 is 1.49 bits per heavy atom. The van der Waals surface area contributed by atoms with Gasteiger partial charge in [0.15, 0.2) is 0 Å². The third-order valence-corrected chi connectivity index (χ3v) is 6.79. The Morgan fingerprint density at radius 3 is 2.04 bits per heavy atom. The molecule has 248 valence electrons. The molecular formula is C35H51N3O7. The minimum Gasteiger partial charge on any atom is -0.458 e. The second-order valence-corrected chi connectivity index (χ2v) is 13.3. The largest absolute Gasteiger partial charge is 0.458 e. The molecule has 0 saturated carbocycles. The van der Waals surface area contributed by atoms with E-state index in [1.165, 1.54) is 4.90 Å². The number of nitrogens with zero attached hydrogens (tertiary/aromatic N) is 1. The Balaban J connectivity index is 2.61. The molecule has 10 heteroatoms. The molecule has 2 aromatic rings. The second kappa shape index (κ2) is 16.4. The first kappa shape index (κ1) is 37.3. The number of carbonyl (C=O) groups excluding carboxylic acids is 4. The van der Waals surface area contributed by atoms with E-state index in [-0.39, 0.29) is 13.0 Å². The van der Waals surface area contributed by atoms with Crippen molar-refractivity contribution >= 4 is 23.9 Å². The molecule has 0 aliphatic rings. The molecular weight excluding hydrogens is 574 g/mol. The number of alkyl carbamates (subject to hydrolysis) is 1. The SMILES string of the molecule is CCCCN(C(=O)C(CO)NC(=O)OC(C)(C)C)C(C(=O)NC(Cc1ccccc1)C(=O)OC(C)(C)C)c1cc(C)ccc1C. The van der Waals surface area contributed by atoms with Crippen LogP contribution in [0.1, 0.15) is 89.6 Å². The minimum atomic E-state index is -1.37. The maximum absolute atomic E-state index is 14.4. The number of rotatable bonds is 13. The first-order chi connectivity index (χ1) is 21.0. The van der Waals surface area contributed by atoms with Crippen molar-refractivity contribution in [3.63, 3.8) is 0 Å². The molecule has 0 aliphatic carbocycles.